The summed E-state index contributed by atoms with van der Waals surface area (Å²) in [6.45, 7) is 0.0144. The van der Waals surface area contributed by atoms with Crippen LogP contribution in [0.15, 0.2) is 255 Å². The highest BCUT2D eigenvalue weighted by Crippen LogP contribution is 2.43. The van der Waals surface area contributed by atoms with Gasteiger partial charge in [0.25, 0.3) is 0 Å². The van der Waals surface area contributed by atoms with E-state index in [0.29, 0.717) is 0 Å². The molecule has 2 heterocycles. The third kappa shape index (κ3) is 6.87. The molecule has 2 heteroatoms. The van der Waals surface area contributed by atoms with Crippen LogP contribution < -0.4 is 10.3 Å². The Kier molecular flexibility index (Phi) is 9.35. The lowest BCUT2D eigenvalue weighted by molar-refractivity contribution is 1.36. The lowest BCUT2D eigenvalue weighted by atomic mass is 9.48. The molecule has 1 nitrogen and oxygen atoms in total. The van der Waals surface area contributed by atoms with E-state index in [9.17, 15) is 0 Å². The van der Waals surface area contributed by atoms with Crippen molar-refractivity contribution in [3.8, 4) is 77.9 Å². The molecule has 0 radical (unpaired) electrons. The number of benzene rings is 10. The van der Waals surface area contributed by atoms with Gasteiger partial charge in [0.2, 0.25) is 0 Å². The van der Waals surface area contributed by atoms with Gasteiger partial charge in [-0.3, -0.25) is 0 Å². The molecule has 0 aliphatic carbocycles. The number of hydrogen-bond acceptors (Lipinski definition) is 1. The van der Waals surface area contributed by atoms with Gasteiger partial charge in [-0.25, -0.2) is 0 Å². The Morgan fingerprint density at radius 3 is 1.48 bits per heavy atom. The van der Waals surface area contributed by atoms with Crippen LogP contribution >= 0.6 is 0 Å². The molecule has 0 saturated heterocycles. The number of hydrogen-bond donors (Lipinski definition) is 0. The summed E-state index contributed by atoms with van der Waals surface area (Å²) >= 11 is 0. The maximum absolute atomic E-state index is 2.48. The molecule has 10 aromatic carbocycles. The predicted molar refractivity (Wildman–Crippen MR) is 273 cm³/mol. The summed E-state index contributed by atoms with van der Waals surface area (Å²) in [5.41, 5.74) is 21.9. The number of anilines is 1. The Labute approximate surface area is 375 Å². The molecule has 0 unspecified atom stereocenters. The fraction of sp³-hybridized carbons (Fsp3) is 0. The van der Waals surface area contributed by atoms with E-state index in [-0.39, 0.29) is 6.85 Å². The molecule has 10 aromatic rings. The quantitative estimate of drug-likeness (QED) is 0.145. The van der Waals surface area contributed by atoms with E-state index in [2.05, 4.69) is 260 Å². The van der Waals surface area contributed by atoms with E-state index in [1.54, 1.807) is 0 Å². The highest BCUT2D eigenvalue weighted by Gasteiger charge is 2.34. The Balaban J connectivity index is 0.986. The average Bonchev–Trinajstić information content (AvgIpc) is 3.38. The highest BCUT2D eigenvalue weighted by molar-refractivity contribution is 6.84. The molecule has 2 aliphatic rings. The summed E-state index contributed by atoms with van der Waals surface area (Å²) in [5.74, 6) is 2.48. The first-order chi connectivity index (χ1) is 31.7. The van der Waals surface area contributed by atoms with Crippen molar-refractivity contribution in [2.75, 3.05) is 4.81 Å². The van der Waals surface area contributed by atoms with Gasteiger partial charge in [0, 0.05) is 11.3 Å². The van der Waals surface area contributed by atoms with Crippen LogP contribution in [0.3, 0.4) is 0 Å². The lowest BCUT2D eigenvalue weighted by Crippen LogP contribution is -2.49. The highest BCUT2D eigenvalue weighted by atomic mass is 15.1. The molecule has 2 aliphatic heterocycles. The molecule has 0 aromatic heterocycles. The first-order valence-electron chi connectivity index (χ1n) is 22.2. The van der Waals surface area contributed by atoms with Crippen molar-refractivity contribution in [3.63, 3.8) is 0 Å². The van der Waals surface area contributed by atoms with Crippen molar-refractivity contribution >= 4 is 34.3 Å². The van der Waals surface area contributed by atoms with Crippen molar-refractivity contribution in [2.24, 2.45) is 0 Å². The second-order valence-corrected chi connectivity index (χ2v) is 16.9. The third-order valence-electron chi connectivity index (χ3n) is 13.0. The monoisotopic (exact) mass is 811 g/mol. The number of fused-ring (bicyclic) bond motifs is 7. The number of allylic oxidation sites excluding steroid dienone is 2. The summed E-state index contributed by atoms with van der Waals surface area (Å²) in [5, 5.41) is 2.50. The van der Waals surface area contributed by atoms with Gasteiger partial charge in [0.1, 0.15) is 0 Å². The molecule has 0 saturated carbocycles. The molecule has 0 atom stereocenters. The summed E-state index contributed by atoms with van der Waals surface area (Å²) in [4.78, 5) is 2.47. The van der Waals surface area contributed by atoms with Crippen LogP contribution in [0.5, 0.6) is 0 Å². The minimum absolute atomic E-state index is 0.0144. The zero-order valence-corrected chi connectivity index (χ0v) is 35.3. The number of nitrogens with zero attached hydrogens (tertiary/aromatic N) is 1. The van der Waals surface area contributed by atoms with Crippen molar-refractivity contribution < 1.29 is 0 Å². The van der Waals surface area contributed by atoms with Gasteiger partial charge in [-0.05, 0) is 161 Å². The van der Waals surface area contributed by atoms with Gasteiger partial charge >= 0.3 is 6.85 Å². The van der Waals surface area contributed by atoms with Crippen molar-refractivity contribution in [1.29, 1.82) is 0 Å². The first kappa shape index (κ1) is 37.6. The second kappa shape index (κ2) is 15.9. The van der Waals surface area contributed by atoms with E-state index in [0.717, 1.165) is 0 Å². The van der Waals surface area contributed by atoms with Crippen LogP contribution in [-0.2, 0) is 0 Å². The molecule has 0 amide bonds. The molecule has 12 rings (SSSR count). The van der Waals surface area contributed by atoms with Gasteiger partial charge in [0.15, 0.2) is 0 Å². The topological polar surface area (TPSA) is 3.24 Å². The minimum atomic E-state index is 0.0144. The molecular weight excluding hydrogens is 770 g/mol. The molecule has 64 heavy (non-hydrogen) atoms. The standard InChI is InChI=1S/C62H42BN/c1-4-16-43(17-5-1)47-24-14-25-48(34-47)54-38-55(40-56(39-54)58-28-15-23-46-22-10-11-26-57(46)58)50-32-33-64-62-41-49(30-31-60(62)59-27-12-13-29-61(59)63(64)42-50)53-36-51(44-18-6-2-7-19-44)35-52(37-53)45-20-8-3-9-21-45/h1-42H. The smallest absolute Gasteiger partial charge is 0.321 e. The van der Waals surface area contributed by atoms with Gasteiger partial charge in [-0.2, -0.15) is 0 Å². The predicted octanol–water partition coefficient (Wildman–Crippen LogP) is 15.7. The molecule has 0 N–H and O–H groups in total. The van der Waals surface area contributed by atoms with E-state index in [1.807, 2.05) is 0 Å². The number of rotatable bonds is 7. The first-order valence-corrected chi connectivity index (χ1v) is 22.2. The maximum Gasteiger partial charge on any atom is 0.321 e. The summed E-state index contributed by atoms with van der Waals surface area (Å²) in [7, 11) is 0. The summed E-state index contributed by atoms with van der Waals surface area (Å²) < 4.78 is 0. The van der Waals surface area contributed by atoms with Crippen LogP contribution in [-0.4, -0.2) is 6.85 Å². The van der Waals surface area contributed by atoms with E-state index in [1.165, 1.54) is 111 Å². The molecule has 0 spiro atoms. The van der Waals surface area contributed by atoms with Gasteiger partial charge in [-0.1, -0.05) is 194 Å². The van der Waals surface area contributed by atoms with Crippen molar-refractivity contribution in [2.45, 2.75) is 0 Å². The van der Waals surface area contributed by atoms with Crippen LogP contribution in [0.4, 0.5) is 5.69 Å². The Morgan fingerprint density at radius 1 is 0.297 bits per heavy atom. The summed E-state index contributed by atoms with van der Waals surface area (Å²) in [6, 6.07) is 86.6. The second-order valence-electron chi connectivity index (χ2n) is 16.9. The van der Waals surface area contributed by atoms with Crippen LogP contribution in [0.25, 0.3) is 94.2 Å². The van der Waals surface area contributed by atoms with E-state index in [4.69, 9.17) is 0 Å². The zero-order valence-electron chi connectivity index (χ0n) is 35.3. The largest absolute Gasteiger partial charge is 0.383 e. The normalized spacial score (nSPS) is 12.7. The van der Waals surface area contributed by atoms with Crippen LogP contribution in [0.2, 0.25) is 0 Å². The SMILES string of the molecule is C1=CN2B(C=C1c1cc(-c3cccc(-c4ccccc4)c3)cc(-c3cccc4ccccc34)c1)c1ccccc1-c1ccc(-c3cc(-c4ccccc4)cc(-c4ccccc4)c3)cc12. The molecule has 0 bridgehead atoms. The van der Waals surface area contributed by atoms with Crippen molar-refractivity contribution in [3.05, 3.63) is 260 Å². The van der Waals surface area contributed by atoms with E-state index >= 15 is 0 Å². The van der Waals surface area contributed by atoms with Crippen LogP contribution in [0.1, 0.15) is 5.56 Å². The third-order valence-corrected chi connectivity index (χ3v) is 13.0. The molecule has 0 fully saturated rings. The van der Waals surface area contributed by atoms with Crippen LogP contribution in [0, 0.1) is 0 Å². The van der Waals surface area contributed by atoms with E-state index < -0.39 is 0 Å². The molecular formula is C62H42BN. The Bertz CT molecular complexity index is 3380. The maximum atomic E-state index is 2.48. The fourth-order valence-electron chi connectivity index (χ4n) is 9.87. The Hall–Kier alpha value is -8.20. The zero-order chi connectivity index (χ0) is 42.4. The average molecular weight is 812 g/mol. The Morgan fingerprint density at radius 2 is 0.766 bits per heavy atom. The lowest BCUT2D eigenvalue weighted by Gasteiger charge is -2.37. The van der Waals surface area contributed by atoms with Crippen molar-refractivity contribution in [1.82, 2.24) is 0 Å². The van der Waals surface area contributed by atoms with Gasteiger partial charge < -0.3 is 4.81 Å². The van der Waals surface area contributed by atoms with Gasteiger partial charge in [-0.15, -0.1) is 0 Å². The fourth-order valence-corrected chi connectivity index (χ4v) is 9.87. The summed E-state index contributed by atoms with van der Waals surface area (Å²) in [6.07, 6.45) is 4.63. The minimum Gasteiger partial charge on any atom is -0.383 e. The van der Waals surface area contributed by atoms with Gasteiger partial charge in [0.05, 0.1) is 0 Å². The molecule has 298 valence electrons.